The molecule has 4 fully saturated rings. The molecule has 1 aliphatic heterocycles. The summed E-state index contributed by atoms with van der Waals surface area (Å²) in [6.45, 7) is 5.73. The number of carboxylic acid groups (broad SMARTS) is 1. The van der Waals surface area contributed by atoms with Gasteiger partial charge in [-0.05, 0) is 61.3 Å². The van der Waals surface area contributed by atoms with E-state index in [4.69, 9.17) is 14.2 Å². The summed E-state index contributed by atoms with van der Waals surface area (Å²) >= 11 is 0. The number of ether oxygens (including phenoxy) is 3. The number of carbonyl (C=O) groups is 1. The van der Waals surface area contributed by atoms with Gasteiger partial charge in [-0.25, -0.2) is 4.79 Å². The second kappa shape index (κ2) is 6.57. The number of allylic oxidation sites excluding steroid dienone is 2. The molecular weight excluding hydrogens is 384 g/mol. The summed E-state index contributed by atoms with van der Waals surface area (Å²) in [6.07, 6.45) is 8.72. The van der Waals surface area contributed by atoms with Gasteiger partial charge in [-0.3, -0.25) is 0 Å². The molecule has 4 aliphatic carbocycles. The maximum atomic E-state index is 12.2. The molecule has 166 valence electrons. The fourth-order valence-electron chi connectivity index (χ4n) is 7.81. The molecule has 5 aliphatic rings. The van der Waals surface area contributed by atoms with Crippen molar-refractivity contribution in [3.05, 3.63) is 23.0 Å². The number of methoxy groups -OCH3 is 1. The van der Waals surface area contributed by atoms with Crippen LogP contribution in [0.15, 0.2) is 23.0 Å². The van der Waals surface area contributed by atoms with E-state index in [1.807, 2.05) is 0 Å². The summed E-state index contributed by atoms with van der Waals surface area (Å²) in [5.41, 5.74) is 0.944. The molecule has 0 aromatic rings. The van der Waals surface area contributed by atoms with Gasteiger partial charge in [0.15, 0.2) is 5.79 Å². The quantitative estimate of drug-likeness (QED) is 0.403. The summed E-state index contributed by atoms with van der Waals surface area (Å²) in [7, 11) is 1.45. The monoisotopic (exact) mass is 418 g/mol. The summed E-state index contributed by atoms with van der Waals surface area (Å²) in [5.74, 6) is -0.967. The highest BCUT2D eigenvalue weighted by Gasteiger charge is 2.66. The second-order valence-corrected chi connectivity index (χ2v) is 10.5. The molecule has 0 amide bonds. The number of fused-ring (bicyclic) bond motifs is 5. The number of hydrogen-bond donors (Lipinski definition) is 2. The maximum absolute atomic E-state index is 12.2. The lowest BCUT2D eigenvalue weighted by atomic mass is 9.45. The van der Waals surface area contributed by atoms with Crippen LogP contribution in [0.5, 0.6) is 0 Å². The summed E-state index contributed by atoms with van der Waals surface area (Å²) in [4.78, 5) is 11.8. The highest BCUT2D eigenvalue weighted by molar-refractivity contribution is 5.85. The van der Waals surface area contributed by atoms with E-state index < -0.39 is 17.4 Å². The molecule has 3 saturated carbocycles. The average Bonchev–Trinajstić information content (AvgIpc) is 3.29. The molecule has 5 atom stereocenters. The van der Waals surface area contributed by atoms with Crippen LogP contribution in [-0.4, -0.2) is 47.9 Å². The highest BCUT2D eigenvalue weighted by atomic mass is 16.7. The van der Waals surface area contributed by atoms with Crippen LogP contribution in [0, 0.1) is 22.7 Å². The Bertz CT molecular complexity index is 824. The number of carboxylic acids is 1. The molecule has 6 heteroatoms. The van der Waals surface area contributed by atoms with E-state index in [0.29, 0.717) is 19.6 Å². The lowest BCUT2D eigenvalue weighted by Gasteiger charge is -2.62. The highest BCUT2D eigenvalue weighted by Crippen LogP contribution is 2.68. The van der Waals surface area contributed by atoms with Gasteiger partial charge in [-0.15, -0.1) is 0 Å². The van der Waals surface area contributed by atoms with Crippen LogP contribution in [0.2, 0.25) is 0 Å². The van der Waals surface area contributed by atoms with Crippen molar-refractivity contribution in [2.75, 3.05) is 20.3 Å². The molecule has 1 spiro atoms. The van der Waals surface area contributed by atoms with Crippen molar-refractivity contribution in [1.82, 2.24) is 0 Å². The predicted molar refractivity (Wildman–Crippen MR) is 109 cm³/mol. The molecule has 30 heavy (non-hydrogen) atoms. The Hall–Kier alpha value is -1.37. The normalized spacial score (nSPS) is 45.9. The fraction of sp³-hybridized carbons (Fsp3) is 0.792. The molecule has 0 aromatic heterocycles. The van der Waals surface area contributed by atoms with Crippen LogP contribution in [0.25, 0.3) is 0 Å². The van der Waals surface area contributed by atoms with E-state index in [9.17, 15) is 15.0 Å². The zero-order valence-electron chi connectivity index (χ0n) is 18.3. The third-order valence-electron chi connectivity index (χ3n) is 9.57. The van der Waals surface area contributed by atoms with E-state index in [-0.39, 0.29) is 28.4 Å². The van der Waals surface area contributed by atoms with Gasteiger partial charge in [0.05, 0.1) is 25.9 Å². The first-order valence-corrected chi connectivity index (χ1v) is 11.4. The van der Waals surface area contributed by atoms with Crippen LogP contribution in [0.3, 0.4) is 0 Å². The topological polar surface area (TPSA) is 85.2 Å². The van der Waals surface area contributed by atoms with Gasteiger partial charge in [-0.1, -0.05) is 25.5 Å². The van der Waals surface area contributed by atoms with Crippen molar-refractivity contribution in [1.29, 1.82) is 0 Å². The molecule has 5 rings (SSSR count). The first kappa shape index (κ1) is 20.5. The minimum absolute atomic E-state index is 0.110. The summed E-state index contributed by atoms with van der Waals surface area (Å²) < 4.78 is 17.3. The molecule has 0 bridgehead atoms. The van der Waals surface area contributed by atoms with Gasteiger partial charge in [0.25, 0.3) is 0 Å². The van der Waals surface area contributed by atoms with Gasteiger partial charge in [0, 0.05) is 18.3 Å². The maximum Gasteiger partial charge on any atom is 0.371 e. The first-order chi connectivity index (χ1) is 14.2. The molecule has 1 saturated heterocycles. The minimum Gasteiger partial charge on any atom is -0.490 e. The molecule has 6 nitrogen and oxygen atoms in total. The number of aliphatic hydroxyl groups is 1. The molecular formula is C24H34O6. The first-order valence-electron chi connectivity index (χ1n) is 11.4. The van der Waals surface area contributed by atoms with Crippen molar-refractivity contribution in [2.45, 2.75) is 76.6 Å². The Morgan fingerprint density at radius 3 is 2.53 bits per heavy atom. The van der Waals surface area contributed by atoms with Crippen LogP contribution in [0.4, 0.5) is 0 Å². The number of rotatable bonds is 2. The van der Waals surface area contributed by atoms with Crippen molar-refractivity contribution >= 4 is 5.97 Å². The van der Waals surface area contributed by atoms with Crippen molar-refractivity contribution < 1.29 is 29.2 Å². The van der Waals surface area contributed by atoms with Gasteiger partial charge in [-0.2, -0.15) is 0 Å². The van der Waals surface area contributed by atoms with Crippen LogP contribution in [0.1, 0.15) is 65.2 Å². The Morgan fingerprint density at radius 2 is 1.87 bits per heavy atom. The number of hydrogen-bond acceptors (Lipinski definition) is 5. The van der Waals surface area contributed by atoms with Crippen molar-refractivity contribution in [3.63, 3.8) is 0 Å². The second-order valence-electron chi connectivity index (χ2n) is 10.5. The van der Waals surface area contributed by atoms with Crippen LogP contribution < -0.4 is 0 Å². The van der Waals surface area contributed by atoms with E-state index in [1.54, 1.807) is 0 Å². The Labute approximate surface area is 178 Å². The molecule has 0 aromatic carbocycles. The van der Waals surface area contributed by atoms with E-state index >= 15 is 0 Å². The predicted octanol–water partition coefficient (Wildman–Crippen LogP) is 3.79. The van der Waals surface area contributed by atoms with Gasteiger partial charge >= 0.3 is 5.97 Å². The van der Waals surface area contributed by atoms with E-state index in [2.05, 4.69) is 19.9 Å². The Balaban J connectivity index is 1.51. The van der Waals surface area contributed by atoms with Gasteiger partial charge in [0.2, 0.25) is 5.76 Å². The standard InChI is InChI=1S/C24H34O6/c1-21-8-11-24(27)17(16(21)6-7-18(21)19(28-3)20(25)26)5-4-15-14-23(29-12-13-30-23)10-9-22(15,24)2/h4,16-17,27H,5-14H2,1-3H3,(H,25,26)/b19-18-/t16-,17-,21-,22-,24+/m0/s1. The van der Waals surface area contributed by atoms with E-state index in [1.165, 1.54) is 12.7 Å². The fourth-order valence-corrected chi connectivity index (χ4v) is 7.81. The largest absolute Gasteiger partial charge is 0.490 e. The minimum atomic E-state index is -0.984. The smallest absolute Gasteiger partial charge is 0.371 e. The lowest BCUT2D eigenvalue weighted by molar-refractivity contribution is -0.218. The SMILES string of the molecule is CO/C(C(=O)O)=C1/CC[C@H]2[C@@H]3CC=C4CC5(CC[C@]4(C)[C@@]3(O)CC[C@]12C)OCCO5. The lowest BCUT2D eigenvalue weighted by Crippen LogP contribution is -2.63. The van der Waals surface area contributed by atoms with Crippen molar-refractivity contribution in [2.24, 2.45) is 22.7 Å². The zero-order valence-corrected chi connectivity index (χ0v) is 18.3. The third kappa shape index (κ3) is 2.50. The zero-order chi connectivity index (χ0) is 21.4. The number of aliphatic carboxylic acids is 1. The summed E-state index contributed by atoms with van der Waals surface area (Å²) in [5, 5.41) is 21.9. The van der Waals surface area contributed by atoms with Crippen LogP contribution in [-0.2, 0) is 19.0 Å². The Morgan fingerprint density at radius 1 is 1.13 bits per heavy atom. The molecule has 0 radical (unpaired) electrons. The average molecular weight is 419 g/mol. The Kier molecular flexibility index (Phi) is 4.49. The van der Waals surface area contributed by atoms with Crippen LogP contribution >= 0.6 is 0 Å². The van der Waals surface area contributed by atoms with Gasteiger partial charge < -0.3 is 24.4 Å². The molecule has 2 N–H and O–H groups in total. The van der Waals surface area contributed by atoms with Crippen molar-refractivity contribution in [3.8, 4) is 0 Å². The van der Waals surface area contributed by atoms with Gasteiger partial charge in [0.1, 0.15) is 0 Å². The van der Waals surface area contributed by atoms with E-state index in [0.717, 1.165) is 50.5 Å². The summed E-state index contributed by atoms with van der Waals surface area (Å²) in [6, 6.07) is 0. The molecule has 0 unspecified atom stereocenters. The molecule has 1 heterocycles. The third-order valence-corrected chi connectivity index (χ3v) is 9.57.